The van der Waals surface area contributed by atoms with Gasteiger partial charge in [-0.25, -0.2) is 4.39 Å². The van der Waals surface area contributed by atoms with Crippen molar-refractivity contribution in [1.29, 1.82) is 5.26 Å². The van der Waals surface area contributed by atoms with Crippen LogP contribution >= 0.6 is 0 Å². The third kappa shape index (κ3) is 3.52. The van der Waals surface area contributed by atoms with E-state index < -0.39 is 11.4 Å². The van der Waals surface area contributed by atoms with Crippen LogP contribution in [-0.2, 0) is 5.60 Å². The lowest BCUT2D eigenvalue weighted by Crippen LogP contribution is -2.50. The Balaban J connectivity index is 1.38. The number of carbonyl (C=O) groups excluding carboxylic acids is 1. The zero-order valence-corrected chi connectivity index (χ0v) is 18.5. The number of amides is 1. The molecule has 2 aromatic carbocycles. The zero-order valence-electron chi connectivity index (χ0n) is 18.5. The van der Waals surface area contributed by atoms with Crippen LogP contribution in [0.2, 0.25) is 0 Å². The van der Waals surface area contributed by atoms with Gasteiger partial charge in [-0.3, -0.25) is 9.36 Å². The molecule has 2 aliphatic heterocycles. The maximum Gasteiger partial charge on any atom is 0.253 e. The monoisotopic (exact) mass is 445 g/mol. The topological polar surface area (TPSA) is 67.5 Å². The number of para-hydroxylation sites is 2. The molecule has 1 saturated heterocycles. The Kier molecular flexibility index (Phi) is 5.09. The number of nitriles is 1. The lowest BCUT2D eigenvalue weighted by molar-refractivity contribution is -0.00938. The molecule has 1 aromatic heterocycles. The molecule has 7 heteroatoms. The van der Waals surface area contributed by atoms with E-state index in [2.05, 4.69) is 6.07 Å². The summed E-state index contributed by atoms with van der Waals surface area (Å²) in [6.45, 7) is 4.56. The Labute approximate surface area is 191 Å². The number of aromatic nitrogens is 1. The summed E-state index contributed by atoms with van der Waals surface area (Å²) in [5, 5.41) is 9.62. The van der Waals surface area contributed by atoms with E-state index in [1.165, 1.54) is 12.1 Å². The fourth-order valence-electron chi connectivity index (χ4n) is 4.73. The Morgan fingerprint density at radius 2 is 1.91 bits per heavy atom. The second-order valence-electron chi connectivity index (χ2n) is 8.72. The van der Waals surface area contributed by atoms with E-state index in [4.69, 9.17) is 9.47 Å². The quantitative estimate of drug-likeness (QED) is 0.581. The molecule has 2 aliphatic rings. The van der Waals surface area contributed by atoms with Crippen molar-refractivity contribution < 1.29 is 18.7 Å². The van der Waals surface area contributed by atoms with Gasteiger partial charge >= 0.3 is 0 Å². The van der Waals surface area contributed by atoms with Gasteiger partial charge < -0.3 is 14.4 Å². The van der Waals surface area contributed by atoms with Gasteiger partial charge in [-0.1, -0.05) is 12.1 Å². The second kappa shape index (κ2) is 7.96. The molecule has 5 rings (SSSR count). The number of benzene rings is 2. The van der Waals surface area contributed by atoms with Gasteiger partial charge in [0, 0.05) is 31.5 Å². The van der Waals surface area contributed by atoms with Crippen molar-refractivity contribution in [2.24, 2.45) is 0 Å². The number of rotatable bonds is 3. The molecule has 0 saturated carbocycles. The SMILES string of the molecule is CC(C)Oc1ccc(C(=O)N2CCC3(CC2)Oc2ccccc2-n2c(C#N)ccc23)cc1F. The van der Waals surface area contributed by atoms with Crippen molar-refractivity contribution in [2.45, 2.75) is 38.4 Å². The molecule has 6 nitrogen and oxygen atoms in total. The molecule has 33 heavy (non-hydrogen) atoms. The normalized spacial score (nSPS) is 16.0. The van der Waals surface area contributed by atoms with Gasteiger partial charge in [-0.05, 0) is 56.3 Å². The summed E-state index contributed by atoms with van der Waals surface area (Å²) in [7, 11) is 0. The number of hydrogen-bond acceptors (Lipinski definition) is 4. The molecule has 3 aromatic rings. The fraction of sp³-hybridized carbons (Fsp3) is 0.308. The summed E-state index contributed by atoms with van der Waals surface area (Å²) in [5.74, 6) is 0.101. The van der Waals surface area contributed by atoms with Crippen LogP contribution in [0.3, 0.4) is 0 Å². The number of hydrogen-bond donors (Lipinski definition) is 0. The highest BCUT2D eigenvalue weighted by Crippen LogP contribution is 2.46. The molecule has 1 fully saturated rings. The van der Waals surface area contributed by atoms with Crippen molar-refractivity contribution in [3.63, 3.8) is 0 Å². The summed E-state index contributed by atoms with van der Waals surface area (Å²) in [5.41, 5.74) is 1.99. The first-order chi connectivity index (χ1) is 15.9. The van der Waals surface area contributed by atoms with Crippen LogP contribution in [0, 0.1) is 17.1 Å². The van der Waals surface area contributed by atoms with Crippen molar-refractivity contribution in [3.05, 3.63) is 77.4 Å². The van der Waals surface area contributed by atoms with Crippen LogP contribution in [0.25, 0.3) is 5.69 Å². The minimum Gasteiger partial charge on any atom is -0.488 e. The first-order valence-corrected chi connectivity index (χ1v) is 11.1. The summed E-state index contributed by atoms with van der Waals surface area (Å²) < 4.78 is 28.3. The Morgan fingerprint density at radius 1 is 1.15 bits per heavy atom. The molecule has 0 atom stereocenters. The summed E-state index contributed by atoms with van der Waals surface area (Å²) in [4.78, 5) is 14.8. The minimum absolute atomic E-state index is 0.141. The lowest BCUT2D eigenvalue weighted by Gasteiger charge is -2.45. The Bertz CT molecular complexity index is 1270. The van der Waals surface area contributed by atoms with E-state index in [9.17, 15) is 14.4 Å². The number of nitrogens with zero attached hydrogens (tertiary/aromatic N) is 3. The van der Waals surface area contributed by atoms with Gasteiger partial charge in [0.25, 0.3) is 5.91 Å². The first-order valence-electron chi connectivity index (χ1n) is 11.1. The molecule has 168 valence electrons. The smallest absolute Gasteiger partial charge is 0.253 e. The third-order valence-corrected chi connectivity index (χ3v) is 6.27. The van der Waals surface area contributed by atoms with Crippen LogP contribution in [0.15, 0.2) is 54.6 Å². The van der Waals surface area contributed by atoms with E-state index in [0.29, 0.717) is 37.2 Å². The highest BCUT2D eigenvalue weighted by molar-refractivity contribution is 5.94. The highest BCUT2D eigenvalue weighted by atomic mass is 19.1. The zero-order chi connectivity index (χ0) is 23.2. The number of fused-ring (bicyclic) bond motifs is 4. The maximum absolute atomic E-state index is 14.4. The lowest BCUT2D eigenvalue weighted by atomic mass is 9.86. The molecular weight excluding hydrogens is 421 g/mol. The number of piperidine rings is 1. The van der Waals surface area contributed by atoms with Gasteiger partial charge in [0.1, 0.15) is 17.5 Å². The van der Waals surface area contributed by atoms with E-state index in [1.807, 2.05) is 54.8 Å². The van der Waals surface area contributed by atoms with Crippen LogP contribution < -0.4 is 9.47 Å². The molecule has 3 heterocycles. The molecule has 0 radical (unpaired) electrons. The van der Waals surface area contributed by atoms with Crippen LogP contribution in [0.5, 0.6) is 11.5 Å². The van der Waals surface area contributed by atoms with Gasteiger partial charge in [0.2, 0.25) is 0 Å². The molecule has 0 unspecified atom stereocenters. The van der Waals surface area contributed by atoms with Crippen LogP contribution in [0.1, 0.15) is 48.4 Å². The Morgan fingerprint density at radius 3 is 2.61 bits per heavy atom. The molecule has 0 N–H and O–H groups in total. The molecular formula is C26H24FN3O3. The van der Waals surface area contributed by atoms with Gasteiger partial charge in [0.05, 0.1) is 17.5 Å². The summed E-state index contributed by atoms with van der Waals surface area (Å²) >= 11 is 0. The molecule has 1 spiro atoms. The fourth-order valence-corrected chi connectivity index (χ4v) is 4.73. The number of carbonyl (C=O) groups is 1. The predicted octanol–water partition coefficient (Wildman–Crippen LogP) is 4.80. The third-order valence-electron chi connectivity index (χ3n) is 6.27. The summed E-state index contributed by atoms with van der Waals surface area (Å²) in [6, 6.07) is 18.0. The van der Waals surface area contributed by atoms with Crippen molar-refractivity contribution in [3.8, 4) is 23.3 Å². The van der Waals surface area contributed by atoms with E-state index in [1.54, 1.807) is 11.0 Å². The van der Waals surface area contributed by atoms with E-state index in [-0.39, 0.29) is 17.8 Å². The molecule has 0 bridgehead atoms. The molecule has 1 amide bonds. The van der Waals surface area contributed by atoms with Gasteiger partial charge in [-0.2, -0.15) is 5.26 Å². The van der Waals surface area contributed by atoms with E-state index >= 15 is 0 Å². The van der Waals surface area contributed by atoms with Crippen molar-refractivity contribution in [1.82, 2.24) is 9.47 Å². The van der Waals surface area contributed by atoms with Crippen molar-refractivity contribution in [2.75, 3.05) is 13.1 Å². The van der Waals surface area contributed by atoms with Crippen LogP contribution in [0.4, 0.5) is 4.39 Å². The first kappa shape index (κ1) is 21.1. The second-order valence-corrected chi connectivity index (χ2v) is 8.72. The van der Waals surface area contributed by atoms with Gasteiger partial charge in [0.15, 0.2) is 17.2 Å². The largest absolute Gasteiger partial charge is 0.488 e. The van der Waals surface area contributed by atoms with Crippen molar-refractivity contribution >= 4 is 5.91 Å². The number of likely N-dealkylation sites (tertiary alicyclic amines) is 1. The van der Waals surface area contributed by atoms with Gasteiger partial charge in [-0.15, -0.1) is 0 Å². The minimum atomic E-state index is -0.625. The molecule has 0 aliphatic carbocycles. The average Bonchev–Trinajstić information content (AvgIpc) is 3.26. The maximum atomic E-state index is 14.4. The summed E-state index contributed by atoms with van der Waals surface area (Å²) in [6.07, 6.45) is 0.985. The average molecular weight is 445 g/mol. The van der Waals surface area contributed by atoms with Crippen LogP contribution in [-0.4, -0.2) is 34.6 Å². The highest BCUT2D eigenvalue weighted by Gasteiger charge is 2.45. The number of ether oxygens (including phenoxy) is 2. The standard InChI is InChI=1S/C26H24FN3O3/c1-17(2)32-22-9-7-18(15-20(22)27)25(31)29-13-11-26(12-14-29)24-10-8-19(16-28)30(24)21-5-3-4-6-23(21)33-26/h3-10,15,17H,11-14H2,1-2H3. The predicted molar refractivity (Wildman–Crippen MR) is 120 cm³/mol. The number of halogens is 1. The Hall–Kier alpha value is -3.79. The van der Waals surface area contributed by atoms with E-state index in [0.717, 1.165) is 17.1 Å².